The normalized spacial score (nSPS) is 9.58. The largest absolute Gasteiger partial charge is 0.368 e. The molecule has 122 valence electrons. The molecule has 3 aromatic rings. The summed E-state index contributed by atoms with van der Waals surface area (Å²) < 4.78 is 26.8. The lowest BCUT2D eigenvalue weighted by atomic mass is 10.3. The number of aliphatic imine (C=N–C) groups is 1. The van der Waals surface area contributed by atoms with Crippen LogP contribution >= 0.6 is 24.4 Å². The highest BCUT2D eigenvalue weighted by molar-refractivity contribution is 7.78. The summed E-state index contributed by atoms with van der Waals surface area (Å²) in [6.45, 7) is 0. The molecule has 0 saturated carbocycles. The van der Waals surface area contributed by atoms with Crippen LogP contribution in [0.3, 0.4) is 0 Å². The molecule has 0 bridgehead atoms. The van der Waals surface area contributed by atoms with E-state index in [2.05, 4.69) is 32.6 Å². The summed E-state index contributed by atoms with van der Waals surface area (Å²) in [4.78, 5) is 3.65. The summed E-state index contributed by atoms with van der Waals surface area (Å²) in [5.41, 5.74) is 6.88. The molecule has 0 aliphatic rings. The fraction of sp³-hybridized carbons (Fsp3) is 0. The van der Waals surface area contributed by atoms with Crippen molar-refractivity contribution >= 4 is 41.2 Å². The monoisotopic (exact) mass is 363 g/mol. The molecule has 0 atom stereocenters. The molecule has 1 aromatic heterocycles. The molecule has 3 rings (SSSR count). The fourth-order valence-electron chi connectivity index (χ4n) is 1.72. The summed E-state index contributed by atoms with van der Waals surface area (Å²) in [5, 5.41) is 8.48. The zero-order chi connectivity index (χ0) is 17.5. The zero-order valence-corrected chi connectivity index (χ0v) is 13.7. The number of hydrogen-bond acceptors (Lipinski definition) is 5. The molecule has 1 heterocycles. The molecule has 0 spiro atoms. The molecule has 24 heavy (non-hydrogen) atoms. The maximum absolute atomic E-state index is 12.6. The minimum absolute atomic E-state index is 0.251. The van der Waals surface area contributed by atoms with Crippen molar-refractivity contribution in [3.05, 3.63) is 64.9 Å². The summed E-state index contributed by atoms with van der Waals surface area (Å²) in [5.74, 6) is -0.327. The van der Waals surface area contributed by atoms with Crippen molar-refractivity contribution in [3.63, 3.8) is 0 Å². The Labute approximate surface area is 146 Å². The van der Waals surface area contributed by atoms with Crippen LogP contribution in [0.25, 0.3) is 5.69 Å². The van der Waals surface area contributed by atoms with Gasteiger partial charge in [0.05, 0.1) is 16.5 Å². The molecule has 0 unspecified atom stereocenters. The molecule has 0 radical (unpaired) electrons. The number of thiocarbonyl (C=S) groups is 1. The summed E-state index contributed by atoms with van der Waals surface area (Å²) in [7, 11) is 0. The van der Waals surface area contributed by atoms with E-state index in [9.17, 15) is 8.78 Å². The van der Waals surface area contributed by atoms with Gasteiger partial charge < -0.3 is 5.73 Å². The lowest BCUT2D eigenvalue weighted by Gasteiger charge is -2.02. The van der Waals surface area contributed by atoms with Crippen molar-refractivity contribution in [1.29, 1.82) is 0 Å². The predicted octanol–water partition coefficient (Wildman–Crippen LogP) is 4.21. The van der Waals surface area contributed by atoms with Gasteiger partial charge in [0, 0.05) is 0 Å². The topological polar surface area (TPSA) is 72.0 Å². The average molecular weight is 363 g/mol. The third kappa shape index (κ3) is 4.63. The number of nitrogens with one attached hydrogen (secondary N) is 1. The molecule has 9 heteroatoms. The molecule has 0 saturated heterocycles. The number of H-pyrrole nitrogens is 1. The minimum Gasteiger partial charge on any atom is -0.368 e. The standard InChI is InChI=1S/C8H7FN4S.C7H4FNS/c9-5-1-3-6(4-2-5)13-7(10)11-12-8(13)14;8-6-1-3-7(4-2-6)9-5-10/h1-4H,(H2,10,11)(H,12,14);1-4H. The molecule has 0 aliphatic heterocycles. The van der Waals surface area contributed by atoms with Gasteiger partial charge >= 0.3 is 0 Å². The van der Waals surface area contributed by atoms with Gasteiger partial charge in [0.1, 0.15) is 11.6 Å². The van der Waals surface area contributed by atoms with Crippen LogP contribution in [-0.2, 0) is 0 Å². The van der Waals surface area contributed by atoms with Crippen molar-refractivity contribution in [3.8, 4) is 5.69 Å². The highest BCUT2D eigenvalue weighted by atomic mass is 32.1. The van der Waals surface area contributed by atoms with Gasteiger partial charge in [-0.15, -0.1) is 5.10 Å². The fourth-order valence-corrected chi connectivity index (χ4v) is 2.07. The van der Waals surface area contributed by atoms with E-state index in [0.29, 0.717) is 16.1 Å². The second-order valence-corrected chi connectivity index (χ2v) is 4.95. The summed E-state index contributed by atoms with van der Waals surface area (Å²) in [6, 6.07) is 11.6. The lowest BCUT2D eigenvalue weighted by Crippen LogP contribution is -2.00. The molecule has 3 N–H and O–H groups in total. The Morgan fingerprint density at radius 3 is 2.04 bits per heavy atom. The number of aromatic amines is 1. The van der Waals surface area contributed by atoms with Crippen molar-refractivity contribution in [2.75, 3.05) is 5.73 Å². The van der Waals surface area contributed by atoms with Crippen LogP contribution in [0.4, 0.5) is 20.4 Å². The number of aromatic nitrogens is 3. The van der Waals surface area contributed by atoms with Crippen LogP contribution < -0.4 is 5.73 Å². The Kier molecular flexibility index (Phi) is 6.02. The smallest absolute Gasteiger partial charge is 0.225 e. The van der Waals surface area contributed by atoms with Gasteiger partial charge in [-0.1, -0.05) is 0 Å². The molecule has 5 nitrogen and oxygen atoms in total. The van der Waals surface area contributed by atoms with E-state index in [4.69, 9.17) is 18.0 Å². The molecule has 2 aromatic carbocycles. The van der Waals surface area contributed by atoms with Gasteiger partial charge in [-0.3, -0.25) is 4.57 Å². The summed E-state index contributed by atoms with van der Waals surface area (Å²) >= 11 is 9.32. The van der Waals surface area contributed by atoms with E-state index in [-0.39, 0.29) is 17.6 Å². The molecule has 0 amide bonds. The van der Waals surface area contributed by atoms with E-state index in [1.807, 2.05) is 0 Å². The Hall–Kier alpha value is -2.74. The number of benzene rings is 2. The quantitative estimate of drug-likeness (QED) is 0.528. The first-order chi connectivity index (χ1) is 11.5. The first kappa shape index (κ1) is 17.6. The van der Waals surface area contributed by atoms with Gasteiger partial charge in [-0.2, -0.15) is 4.99 Å². The minimum atomic E-state index is -0.303. The van der Waals surface area contributed by atoms with Gasteiger partial charge in [-0.25, -0.2) is 13.9 Å². The maximum Gasteiger partial charge on any atom is 0.225 e. The number of nitrogens with two attached hydrogens (primary N) is 1. The number of halogens is 2. The number of rotatable bonds is 2. The summed E-state index contributed by atoms with van der Waals surface area (Å²) in [6.07, 6.45) is 0. The average Bonchev–Trinajstić information content (AvgIpc) is 2.90. The maximum atomic E-state index is 12.6. The number of nitrogens with zero attached hydrogens (tertiary/aromatic N) is 3. The van der Waals surface area contributed by atoms with E-state index in [0.717, 1.165) is 0 Å². The number of nitrogen functional groups attached to an aromatic ring is 1. The van der Waals surface area contributed by atoms with Crippen molar-refractivity contribution in [2.24, 2.45) is 4.99 Å². The lowest BCUT2D eigenvalue weighted by molar-refractivity contribution is 0.627. The predicted molar refractivity (Wildman–Crippen MR) is 94.2 cm³/mol. The van der Waals surface area contributed by atoms with Crippen LogP contribution in [0, 0.1) is 16.4 Å². The van der Waals surface area contributed by atoms with Crippen LogP contribution in [0.1, 0.15) is 0 Å². The van der Waals surface area contributed by atoms with Crippen LogP contribution in [0.15, 0.2) is 53.5 Å². The number of isothiocyanates is 1. The van der Waals surface area contributed by atoms with E-state index in [1.165, 1.54) is 41.0 Å². The van der Waals surface area contributed by atoms with Crippen LogP contribution in [-0.4, -0.2) is 19.9 Å². The van der Waals surface area contributed by atoms with E-state index >= 15 is 0 Å². The Balaban J connectivity index is 0.000000185. The molecule has 0 fully saturated rings. The van der Waals surface area contributed by atoms with Crippen molar-refractivity contribution in [2.45, 2.75) is 0 Å². The molecular formula is C15H11F2N5S2. The third-order valence-corrected chi connectivity index (χ3v) is 3.15. The second-order valence-electron chi connectivity index (χ2n) is 4.38. The first-order valence-corrected chi connectivity index (χ1v) is 7.35. The SMILES string of the molecule is Fc1ccc(N=C=S)cc1.Nc1n[nH]c(=S)n1-c1ccc(F)cc1. The molecular weight excluding hydrogens is 352 g/mol. The molecule has 0 aliphatic carbocycles. The second kappa shape index (κ2) is 8.21. The van der Waals surface area contributed by atoms with Crippen molar-refractivity contribution < 1.29 is 8.78 Å². The van der Waals surface area contributed by atoms with E-state index in [1.54, 1.807) is 12.1 Å². The Morgan fingerprint density at radius 1 is 1.04 bits per heavy atom. The van der Waals surface area contributed by atoms with Gasteiger partial charge in [0.25, 0.3) is 0 Å². The Morgan fingerprint density at radius 2 is 1.58 bits per heavy atom. The van der Waals surface area contributed by atoms with Crippen LogP contribution in [0.2, 0.25) is 0 Å². The highest BCUT2D eigenvalue weighted by Crippen LogP contribution is 2.12. The van der Waals surface area contributed by atoms with Crippen molar-refractivity contribution in [1.82, 2.24) is 14.8 Å². The first-order valence-electron chi connectivity index (χ1n) is 6.53. The highest BCUT2D eigenvalue weighted by Gasteiger charge is 2.03. The number of anilines is 1. The van der Waals surface area contributed by atoms with Gasteiger partial charge in [0.15, 0.2) is 0 Å². The Bertz CT molecular complexity index is 910. The van der Waals surface area contributed by atoms with Crippen LogP contribution in [0.5, 0.6) is 0 Å². The zero-order valence-electron chi connectivity index (χ0n) is 12.1. The van der Waals surface area contributed by atoms with E-state index < -0.39 is 0 Å². The van der Waals surface area contributed by atoms with Gasteiger partial charge in [0.2, 0.25) is 10.7 Å². The number of hydrogen-bond donors (Lipinski definition) is 2. The third-order valence-electron chi connectivity index (χ3n) is 2.78. The van der Waals surface area contributed by atoms with Gasteiger partial charge in [-0.05, 0) is 73.0 Å².